The Morgan fingerprint density at radius 1 is 1.44 bits per heavy atom. The summed E-state index contributed by atoms with van der Waals surface area (Å²) in [5, 5.41) is 0. The number of rotatable bonds is 3. The Morgan fingerprint density at radius 3 is 2.50 bits per heavy atom. The van der Waals surface area contributed by atoms with E-state index in [4.69, 9.17) is 10.5 Å². The lowest BCUT2D eigenvalue weighted by Crippen LogP contribution is -2.56. The van der Waals surface area contributed by atoms with Crippen LogP contribution in [0.4, 0.5) is 13.2 Å². The van der Waals surface area contributed by atoms with E-state index in [9.17, 15) is 13.2 Å². The zero-order chi connectivity index (χ0) is 12.4. The van der Waals surface area contributed by atoms with E-state index < -0.39 is 17.8 Å². The van der Waals surface area contributed by atoms with E-state index in [-0.39, 0.29) is 19.5 Å². The van der Waals surface area contributed by atoms with Crippen LogP contribution < -0.4 is 5.73 Å². The van der Waals surface area contributed by atoms with Crippen LogP contribution in [-0.2, 0) is 4.74 Å². The fraction of sp³-hybridized carbons (Fsp3) is 1.00. The highest BCUT2D eigenvalue weighted by Crippen LogP contribution is 2.30. The maximum atomic E-state index is 12.8. The minimum atomic E-state index is -4.22. The summed E-state index contributed by atoms with van der Waals surface area (Å²) in [5.74, 6) is 0. The molecule has 6 heteroatoms. The summed E-state index contributed by atoms with van der Waals surface area (Å²) in [7, 11) is 0. The molecule has 0 aromatic rings. The van der Waals surface area contributed by atoms with E-state index in [1.165, 1.54) is 4.90 Å². The number of hydrogen-bond donors (Lipinski definition) is 1. The lowest BCUT2D eigenvalue weighted by Gasteiger charge is -2.42. The molecular formula is C10H19F3N2O. The smallest absolute Gasteiger partial charge is 0.373 e. The molecule has 1 aliphatic heterocycles. The number of morpholine rings is 1. The third-order valence-electron chi connectivity index (χ3n) is 2.71. The summed E-state index contributed by atoms with van der Waals surface area (Å²) in [4.78, 5) is 1.43. The molecule has 0 aliphatic carbocycles. The Kier molecular flexibility index (Phi) is 4.20. The molecule has 3 nitrogen and oxygen atoms in total. The molecule has 16 heavy (non-hydrogen) atoms. The summed E-state index contributed by atoms with van der Waals surface area (Å²) in [6.07, 6.45) is -4.27. The molecule has 1 saturated heterocycles. The normalized spacial score (nSPS) is 24.4. The van der Waals surface area contributed by atoms with Crippen molar-refractivity contribution >= 4 is 0 Å². The first-order valence-electron chi connectivity index (χ1n) is 5.41. The van der Waals surface area contributed by atoms with Gasteiger partial charge in [-0.1, -0.05) is 0 Å². The van der Waals surface area contributed by atoms with Crippen LogP contribution in [0.3, 0.4) is 0 Å². The second-order valence-electron chi connectivity index (χ2n) is 4.71. The topological polar surface area (TPSA) is 38.5 Å². The zero-order valence-corrected chi connectivity index (χ0v) is 9.68. The fourth-order valence-corrected chi connectivity index (χ4v) is 2.03. The molecule has 0 saturated carbocycles. The maximum absolute atomic E-state index is 12.8. The predicted molar refractivity (Wildman–Crippen MR) is 55.1 cm³/mol. The third-order valence-corrected chi connectivity index (χ3v) is 2.71. The molecule has 0 amide bonds. The molecule has 0 aromatic carbocycles. The Bertz CT molecular complexity index is 231. The third kappa shape index (κ3) is 3.61. The minimum absolute atomic E-state index is 0.0436. The van der Waals surface area contributed by atoms with Crippen molar-refractivity contribution in [2.45, 2.75) is 38.1 Å². The van der Waals surface area contributed by atoms with E-state index in [1.54, 1.807) is 13.8 Å². The van der Waals surface area contributed by atoms with Crippen molar-refractivity contribution in [3.05, 3.63) is 0 Å². The highest BCUT2D eigenvalue weighted by atomic mass is 19.4. The number of halogens is 3. The number of alkyl halides is 3. The fourth-order valence-electron chi connectivity index (χ4n) is 2.03. The Balaban J connectivity index is 2.71. The van der Waals surface area contributed by atoms with E-state index in [2.05, 4.69) is 0 Å². The molecule has 0 radical (unpaired) electrons. The van der Waals surface area contributed by atoms with Gasteiger partial charge in [0.05, 0.1) is 12.2 Å². The highest BCUT2D eigenvalue weighted by Gasteiger charge is 2.45. The molecule has 2 N–H and O–H groups in total. The SMILES string of the molecule is CC1(C)CN(C(CCN)C(F)(F)F)CCO1. The monoisotopic (exact) mass is 240 g/mol. The van der Waals surface area contributed by atoms with E-state index >= 15 is 0 Å². The van der Waals surface area contributed by atoms with Gasteiger partial charge in [-0.15, -0.1) is 0 Å². The molecule has 0 bridgehead atoms. The van der Waals surface area contributed by atoms with Crippen LogP contribution >= 0.6 is 0 Å². The van der Waals surface area contributed by atoms with Crippen molar-refractivity contribution in [2.75, 3.05) is 26.2 Å². The first kappa shape index (κ1) is 13.7. The van der Waals surface area contributed by atoms with Gasteiger partial charge in [-0.25, -0.2) is 0 Å². The number of hydrogen-bond acceptors (Lipinski definition) is 3. The number of ether oxygens (including phenoxy) is 1. The Labute approximate surface area is 93.7 Å². The minimum Gasteiger partial charge on any atom is -0.373 e. The average molecular weight is 240 g/mol. The van der Waals surface area contributed by atoms with Crippen LogP contribution in [0.2, 0.25) is 0 Å². The lowest BCUT2D eigenvalue weighted by molar-refractivity contribution is -0.206. The maximum Gasteiger partial charge on any atom is 0.404 e. The Morgan fingerprint density at radius 2 is 2.06 bits per heavy atom. The molecule has 0 spiro atoms. The molecular weight excluding hydrogens is 221 g/mol. The summed E-state index contributed by atoms with van der Waals surface area (Å²) in [6, 6.07) is -1.44. The molecule has 1 rings (SSSR count). The van der Waals surface area contributed by atoms with Crippen LogP contribution in [0.25, 0.3) is 0 Å². The van der Waals surface area contributed by atoms with Gasteiger partial charge in [0.2, 0.25) is 0 Å². The number of nitrogens with zero attached hydrogens (tertiary/aromatic N) is 1. The Hall–Kier alpha value is -0.330. The van der Waals surface area contributed by atoms with Crippen molar-refractivity contribution in [1.29, 1.82) is 0 Å². The van der Waals surface area contributed by atoms with Crippen LogP contribution in [-0.4, -0.2) is 49.0 Å². The first-order chi connectivity index (χ1) is 7.26. The highest BCUT2D eigenvalue weighted by molar-refractivity contribution is 4.87. The lowest BCUT2D eigenvalue weighted by atomic mass is 10.0. The second kappa shape index (κ2) is 4.89. The van der Waals surface area contributed by atoms with Crippen LogP contribution in [0, 0.1) is 0 Å². The van der Waals surface area contributed by atoms with Crippen LogP contribution in [0.15, 0.2) is 0 Å². The second-order valence-corrected chi connectivity index (χ2v) is 4.71. The predicted octanol–water partition coefficient (Wildman–Crippen LogP) is 1.38. The van der Waals surface area contributed by atoms with Gasteiger partial charge in [0.15, 0.2) is 0 Å². The largest absolute Gasteiger partial charge is 0.404 e. The van der Waals surface area contributed by atoms with Gasteiger partial charge in [-0.05, 0) is 26.8 Å². The van der Waals surface area contributed by atoms with Gasteiger partial charge in [0.25, 0.3) is 0 Å². The summed E-state index contributed by atoms with van der Waals surface area (Å²) in [6.45, 7) is 4.58. The van der Waals surface area contributed by atoms with Crippen molar-refractivity contribution < 1.29 is 17.9 Å². The molecule has 96 valence electrons. The number of nitrogens with two attached hydrogens (primary N) is 1. The van der Waals surface area contributed by atoms with Crippen molar-refractivity contribution in [3.63, 3.8) is 0 Å². The molecule has 1 unspecified atom stereocenters. The van der Waals surface area contributed by atoms with Crippen molar-refractivity contribution in [3.8, 4) is 0 Å². The summed E-state index contributed by atoms with van der Waals surface area (Å²) >= 11 is 0. The molecule has 0 aromatic heterocycles. The molecule has 1 heterocycles. The molecule has 1 fully saturated rings. The van der Waals surface area contributed by atoms with Gasteiger partial charge < -0.3 is 10.5 Å². The van der Waals surface area contributed by atoms with Crippen LogP contribution in [0.5, 0.6) is 0 Å². The van der Waals surface area contributed by atoms with Gasteiger partial charge in [-0.3, -0.25) is 4.90 Å². The van der Waals surface area contributed by atoms with Gasteiger partial charge in [0, 0.05) is 13.1 Å². The quantitative estimate of drug-likeness (QED) is 0.810. The molecule has 1 atom stereocenters. The van der Waals surface area contributed by atoms with Crippen molar-refractivity contribution in [2.24, 2.45) is 5.73 Å². The van der Waals surface area contributed by atoms with E-state index in [0.717, 1.165) is 0 Å². The summed E-state index contributed by atoms with van der Waals surface area (Å²) < 4.78 is 43.8. The van der Waals surface area contributed by atoms with Gasteiger partial charge in [0.1, 0.15) is 6.04 Å². The average Bonchev–Trinajstić information content (AvgIpc) is 2.10. The van der Waals surface area contributed by atoms with Gasteiger partial charge in [-0.2, -0.15) is 13.2 Å². The van der Waals surface area contributed by atoms with Crippen LogP contribution in [0.1, 0.15) is 20.3 Å². The van der Waals surface area contributed by atoms with E-state index in [1.807, 2.05) is 0 Å². The first-order valence-corrected chi connectivity index (χ1v) is 5.41. The van der Waals surface area contributed by atoms with E-state index in [0.29, 0.717) is 13.2 Å². The standard InChI is InChI=1S/C10H19F3N2O/c1-9(2)7-15(5-6-16-9)8(3-4-14)10(11,12)13/h8H,3-7,14H2,1-2H3. The summed E-state index contributed by atoms with van der Waals surface area (Å²) in [5.41, 5.74) is 4.72. The molecule has 1 aliphatic rings. The zero-order valence-electron chi connectivity index (χ0n) is 9.68. The van der Waals surface area contributed by atoms with Crippen molar-refractivity contribution in [1.82, 2.24) is 4.90 Å². The van der Waals surface area contributed by atoms with Gasteiger partial charge >= 0.3 is 6.18 Å².